The minimum Gasteiger partial charge on any atom is -0.366 e. The van der Waals surface area contributed by atoms with Gasteiger partial charge in [-0.25, -0.2) is 4.98 Å². The smallest absolute Gasteiger partial charge is 0.221 e. The molecule has 0 aliphatic heterocycles. The molecule has 0 saturated carbocycles. The highest BCUT2D eigenvalue weighted by molar-refractivity contribution is 5.55. The maximum atomic E-state index is 4.58. The summed E-state index contributed by atoms with van der Waals surface area (Å²) in [6, 6.07) is 16.2. The molecule has 4 heterocycles. The number of hydrogen-bond donors (Lipinski definition) is 2. The Hall–Kier alpha value is -4.01. The van der Waals surface area contributed by atoms with Gasteiger partial charge in [0.2, 0.25) is 5.82 Å². The number of aromatic nitrogens is 8. The molecule has 0 unspecified atom stereocenters. The largest absolute Gasteiger partial charge is 0.366 e. The highest BCUT2D eigenvalue weighted by Crippen LogP contribution is 2.21. The predicted molar refractivity (Wildman–Crippen MR) is 109 cm³/mol. The van der Waals surface area contributed by atoms with E-state index in [9.17, 15) is 0 Å². The lowest BCUT2D eigenvalue weighted by Gasteiger charge is -2.11. The van der Waals surface area contributed by atoms with E-state index in [4.69, 9.17) is 0 Å². The molecule has 2 N–H and O–H groups in total. The van der Waals surface area contributed by atoms with Gasteiger partial charge >= 0.3 is 0 Å². The molecule has 5 aromatic rings. The van der Waals surface area contributed by atoms with Gasteiger partial charge in [0.15, 0.2) is 5.65 Å². The number of nitrogens with one attached hydrogen (secondary N) is 2. The quantitative estimate of drug-likeness (QED) is 0.466. The molecule has 0 saturated heterocycles. The predicted octanol–water partition coefficient (Wildman–Crippen LogP) is 2.87. The number of tetrazole rings is 1. The van der Waals surface area contributed by atoms with E-state index in [1.54, 1.807) is 6.20 Å². The van der Waals surface area contributed by atoms with Crippen LogP contribution in [0.15, 0.2) is 60.9 Å². The number of aryl methyl sites for hydroxylation is 1. The van der Waals surface area contributed by atoms with Crippen molar-refractivity contribution in [3.05, 3.63) is 72.2 Å². The molecule has 0 bridgehead atoms. The third kappa shape index (κ3) is 3.22. The number of fused-ring (bicyclic) bond motifs is 1. The van der Waals surface area contributed by atoms with Crippen molar-refractivity contribution < 1.29 is 0 Å². The second kappa shape index (κ2) is 7.19. The van der Waals surface area contributed by atoms with E-state index in [0.29, 0.717) is 12.4 Å². The van der Waals surface area contributed by atoms with Gasteiger partial charge in [0, 0.05) is 36.3 Å². The van der Waals surface area contributed by atoms with Crippen molar-refractivity contribution in [3.8, 4) is 17.2 Å². The Morgan fingerprint density at radius 1 is 1.10 bits per heavy atom. The fourth-order valence-corrected chi connectivity index (χ4v) is 3.30. The topological polar surface area (TPSA) is 102 Å². The summed E-state index contributed by atoms with van der Waals surface area (Å²) in [4.78, 5) is 4.58. The first kappa shape index (κ1) is 17.1. The summed E-state index contributed by atoms with van der Waals surface area (Å²) in [5.74, 6) is 1.50. The van der Waals surface area contributed by atoms with Crippen molar-refractivity contribution in [2.45, 2.75) is 19.9 Å². The van der Waals surface area contributed by atoms with Crippen LogP contribution in [0.1, 0.15) is 18.2 Å². The lowest BCUT2D eigenvalue weighted by atomic mass is 10.2. The lowest BCUT2D eigenvalue weighted by Crippen LogP contribution is -2.07. The molecular formula is C20H19N9. The molecule has 0 amide bonds. The summed E-state index contributed by atoms with van der Waals surface area (Å²) in [7, 11) is 0. The first-order valence-corrected chi connectivity index (χ1v) is 9.40. The fourth-order valence-electron chi connectivity index (χ4n) is 3.30. The highest BCUT2D eigenvalue weighted by atomic mass is 15.5. The lowest BCUT2D eigenvalue weighted by molar-refractivity contribution is 0.881. The van der Waals surface area contributed by atoms with Crippen LogP contribution in [0.2, 0.25) is 0 Å². The number of hydrogen-bond acceptors (Lipinski definition) is 6. The number of rotatable bonds is 6. The number of H-pyrrole nitrogens is 1. The summed E-state index contributed by atoms with van der Waals surface area (Å²) in [5, 5.41) is 22.1. The third-order valence-corrected chi connectivity index (χ3v) is 4.79. The second-order valence-corrected chi connectivity index (χ2v) is 6.61. The highest BCUT2D eigenvalue weighted by Gasteiger charge is 2.10. The van der Waals surface area contributed by atoms with Gasteiger partial charge in [-0.3, -0.25) is 0 Å². The Balaban J connectivity index is 1.36. The molecule has 4 aromatic heterocycles. The summed E-state index contributed by atoms with van der Waals surface area (Å²) < 4.78 is 3.86. The summed E-state index contributed by atoms with van der Waals surface area (Å²) in [6.07, 6.45) is 4.63. The number of anilines is 1. The maximum absolute atomic E-state index is 4.58. The van der Waals surface area contributed by atoms with E-state index in [-0.39, 0.29) is 0 Å². The molecular weight excluding hydrogens is 366 g/mol. The van der Waals surface area contributed by atoms with Crippen LogP contribution in [0.4, 0.5) is 5.82 Å². The average molecular weight is 385 g/mol. The molecule has 0 fully saturated rings. The number of nitrogens with zero attached hydrogens (tertiary/aromatic N) is 7. The van der Waals surface area contributed by atoms with Gasteiger partial charge in [-0.15, -0.1) is 10.2 Å². The van der Waals surface area contributed by atoms with Gasteiger partial charge in [0.25, 0.3) is 0 Å². The van der Waals surface area contributed by atoms with Crippen molar-refractivity contribution in [1.29, 1.82) is 0 Å². The van der Waals surface area contributed by atoms with E-state index in [2.05, 4.69) is 67.2 Å². The zero-order valence-electron chi connectivity index (χ0n) is 15.8. The molecule has 29 heavy (non-hydrogen) atoms. The van der Waals surface area contributed by atoms with Crippen molar-refractivity contribution in [2.75, 3.05) is 5.32 Å². The van der Waals surface area contributed by atoms with Gasteiger partial charge in [-0.1, -0.05) is 19.1 Å². The van der Waals surface area contributed by atoms with Crippen LogP contribution >= 0.6 is 0 Å². The Labute approximate surface area is 166 Å². The first-order valence-electron chi connectivity index (χ1n) is 9.40. The molecule has 5 rings (SSSR count). The first-order chi connectivity index (χ1) is 14.3. The molecule has 9 nitrogen and oxygen atoms in total. The van der Waals surface area contributed by atoms with Crippen LogP contribution in [0.3, 0.4) is 0 Å². The van der Waals surface area contributed by atoms with Crippen molar-refractivity contribution in [3.63, 3.8) is 0 Å². The molecule has 0 aliphatic rings. The number of benzene rings is 1. The van der Waals surface area contributed by atoms with Crippen LogP contribution in [-0.2, 0) is 13.0 Å². The number of aromatic amines is 1. The van der Waals surface area contributed by atoms with Crippen molar-refractivity contribution >= 4 is 11.5 Å². The summed E-state index contributed by atoms with van der Waals surface area (Å²) in [5.41, 5.74) is 4.97. The Morgan fingerprint density at radius 2 is 2.00 bits per heavy atom. The van der Waals surface area contributed by atoms with Crippen molar-refractivity contribution in [1.82, 2.24) is 39.8 Å². The van der Waals surface area contributed by atoms with Gasteiger partial charge in [0.1, 0.15) is 5.82 Å². The van der Waals surface area contributed by atoms with E-state index in [1.165, 1.54) is 0 Å². The monoisotopic (exact) mass is 385 g/mol. The van der Waals surface area contributed by atoms with Crippen molar-refractivity contribution in [2.24, 2.45) is 0 Å². The average Bonchev–Trinajstić information content (AvgIpc) is 3.52. The van der Waals surface area contributed by atoms with Crippen LogP contribution < -0.4 is 5.32 Å². The fraction of sp³-hybridized carbons (Fsp3) is 0.150. The zero-order chi connectivity index (χ0) is 19.6. The maximum Gasteiger partial charge on any atom is 0.221 e. The Bertz CT molecular complexity index is 1230. The van der Waals surface area contributed by atoms with Gasteiger partial charge in [-0.05, 0) is 41.5 Å². The Morgan fingerprint density at radius 3 is 2.79 bits per heavy atom. The van der Waals surface area contributed by atoms with Gasteiger partial charge in [0.05, 0.1) is 11.9 Å². The van der Waals surface area contributed by atoms with Gasteiger partial charge < -0.3 is 9.88 Å². The summed E-state index contributed by atoms with van der Waals surface area (Å²) in [6.45, 7) is 2.79. The van der Waals surface area contributed by atoms with Crippen LogP contribution in [-0.4, -0.2) is 39.8 Å². The zero-order valence-corrected chi connectivity index (χ0v) is 15.8. The summed E-state index contributed by atoms with van der Waals surface area (Å²) >= 11 is 0. The molecule has 0 spiro atoms. The molecule has 144 valence electrons. The van der Waals surface area contributed by atoms with E-state index < -0.39 is 0 Å². The SMILES string of the molecule is CCc1cc(NCc2ccc(-n3cccc3-c3nn[nH]n3)cc2)n2nccc2n1. The van der Waals surface area contributed by atoms with Gasteiger partial charge in [-0.2, -0.15) is 14.8 Å². The van der Waals surface area contributed by atoms with E-state index >= 15 is 0 Å². The normalized spacial score (nSPS) is 11.2. The van der Waals surface area contributed by atoms with E-state index in [0.717, 1.165) is 40.5 Å². The molecule has 0 atom stereocenters. The second-order valence-electron chi connectivity index (χ2n) is 6.61. The molecule has 9 heteroatoms. The van der Waals surface area contributed by atoms with Crippen LogP contribution in [0.5, 0.6) is 0 Å². The molecule has 0 radical (unpaired) electrons. The molecule has 0 aliphatic carbocycles. The third-order valence-electron chi connectivity index (χ3n) is 4.79. The minimum absolute atomic E-state index is 0.563. The van der Waals surface area contributed by atoms with E-state index in [1.807, 2.05) is 39.5 Å². The molecule has 1 aromatic carbocycles. The standard InChI is InChI=1S/C20H19N9/c1-2-15-12-19(29-18(23-15)9-10-22-29)21-13-14-5-7-16(8-6-14)28-11-3-4-17(28)20-24-26-27-25-20/h3-12,21H,2,13H2,1H3,(H,24,25,26,27). The Kier molecular flexibility index (Phi) is 4.24. The van der Waals surface area contributed by atoms with Crippen LogP contribution in [0, 0.1) is 0 Å². The van der Waals surface area contributed by atoms with Crippen LogP contribution in [0.25, 0.3) is 22.9 Å². The minimum atomic E-state index is 0.563.